The maximum Gasteiger partial charge on any atom is 0.304 e. The number of halogens is 2. The van der Waals surface area contributed by atoms with Gasteiger partial charge < -0.3 is 5.11 Å². The van der Waals surface area contributed by atoms with Crippen LogP contribution >= 0.6 is 31.9 Å². The van der Waals surface area contributed by atoms with Gasteiger partial charge in [0.2, 0.25) is 10.0 Å². The number of aliphatic carboxylic acids is 1. The highest BCUT2D eigenvalue weighted by molar-refractivity contribution is 9.11. The Kier molecular flexibility index (Phi) is 5.97. The zero-order valence-corrected chi connectivity index (χ0v) is 14.0. The van der Waals surface area contributed by atoms with Crippen LogP contribution in [-0.2, 0) is 14.8 Å². The number of hydrogen-bond acceptors (Lipinski definition) is 3. The van der Waals surface area contributed by atoms with Crippen molar-refractivity contribution in [3.05, 3.63) is 27.1 Å². The Hall–Kier alpha value is -0.440. The largest absolute Gasteiger partial charge is 0.481 e. The molecule has 0 heterocycles. The number of hydrogen-bond donors (Lipinski definition) is 2. The van der Waals surface area contributed by atoms with E-state index in [1.165, 1.54) is 6.07 Å². The fourth-order valence-corrected chi connectivity index (χ4v) is 4.52. The molecule has 0 saturated carbocycles. The second-order valence-corrected chi connectivity index (χ2v) is 7.35. The molecule has 0 fully saturated rings. The van der Waals surface area contributed by atoms with Gasteiger partial charge in [-0.2, -0.15) is 0 Å². The van der Waals surface area contributed by atoms with E-state index >= 15 is 0 Å². The fraction of sp³-hybridized carbons (Fsp3) is 0.364. The number of sulfonamides is 1. The third-order valence-electron chi connectivity index (χ3n) is 2.42. The third kappa shape index (κ3) is 4.87. The van der Waals surface area contributed by atoms with Crippen LogP contribution < -0.4 is 4.72 Å². The first-order valence-electron chi connectivity index (χ1n) is 5.45. The zero-order valence-electron chi connectivity index (χ0n) is 10.1. The molecule has 0 aliphatic carbocycles. The van der Waals surface area contributed by atoms with Crippen LogP contribution in [0.25, 0.3) is 0 Å². The monoisotopic (exact) mass is 413 g/mol. The van der Waals surface area contributed by atoms with Crippen LogP contribution in [-0.4, -0.2) is 25.5 Å². The molecule has 2 N–H and O–H groups in total. The lowest BCUT2D eigenvalue weighted by Crippen LogP contribution is -2.36. The molecule has 8 heteroatoms. The lowest BCUT2D eigenvalue weighted by atomic mass is 10.2. The van der Waals surface area contributed by atoms with Gasteiger partial charge in [0.15, 0.2) is 0 Å². The van der Waals surface area contributed by atoms with E-state index in [-0.39, 0.29) is 11.3 Å². The molecule has 0 saturated heterocycles. The molecule has 1 unspecified atom stereocenters. The zero-order chi connectivity index (χ0) is 14.6. The highest BCUT2D eigenvalue weighted by Crippen LogP contribution is 2.26. The van der Waals surface area contributed by atoms with Gasteiger partial charge in [0, 0.05) is 15.0 Å². The number of carboxylic acids is 1. The van der Waals surface area contributed by atoms with E-state index in [9.17, 15) is 13.2 Å². The highest BCUT2D eigenvalue weighted by Gasteiger charge is 2.22. The number of nitrogens with one attached hydrogen (secondary N) is 1. The lowest BCUT2D eigenvalue weighted by Gasteiger charge is -2.15. The Morgan fingerprint density at radius 1 is 1.42 bits per heavy atom. The number of carboxylic acid groups (broad SMARTS) is 1. The van der Waals surface area contributed by atoms with Crippen molar-refractivity contribution < 1.29 is 18.3 Å². The summed E-state index contributed by atoms with van der Waals surface area (Å²) in [6.45, 7) is 1.73. The fourth-order valence-electron chi connectivity index (χ4n) is 1.46. The van der Waals surface area contributed by atoms with Crippen molar-refractivity contribution in [2.75, 3.05) is 0 Å². The standard InChI is InChI=1S/C11H13Br2NO4S/c1-2-8(6-11(15)16)14-19(17,18)10-4-3-7(12)5-9(10)13/h3-5,8,14H,2,6H2,1H3,(H,15,16). The summed E-state index contributed by atoms with van der Waals surface area (Å²) in [6.07, 6.45) is 0.156. The van der Waals surface area contributed by atoms with Crippen LogP contribution in [0.4, 0.5) is 0 Å². The summed E-state index contributed by atoms with van der Waals surface area (Å²) in [7, 11) is -3.75. The highest BCUT2D eigenvalue weighted by atomic mass is 79.9. The van der Waals surface area contributed by atoms with E-state index < -0.39 is 22.0 Å². The maximum absolute atomic E-state index is 12.2. The van der Waals surface area contributed by atoms with Crippen molar-refractivity contribution in [2.45, 2.75) is 30.7 Å². The summed E-state index contributed by atoms with van der Waals surface area (Å²) in [6, 6.07) is 4.05. The molecule has 0 bridgehead atoms. The molecule has 0 radical (unpaired) electrons. The van der Waals surface area contributed by atoms with Crippen LogP contribution in [0.1, 0.15) is 19.8 Å². The topological polar surface area (TPSA) is 83.5 Å². The molecule has 1 rings (SSSR count). The Bertz CT molecular complexity index is 574. The van der Waals surface area contributed by atoms with Crippen molar-refractivity contribution in [3.8, 4) is 0 Å². The summed E-state index contributed by atoms with van der Waals surface area (Å²) in [4.78, 5) is 10.7. The molecule has 1 aromatic carbocycles. The van der Waals surface area contributed by atoms with Gasteiger partial charge in [-0.15, -0.1) is 0 Å². The first-order valence-corrected chi connectivity index (χ1v) is 8.52. The molecule has 0 aromatic heterocycles. The minimum atomic E-state index is -3.75. The van der Waals surface area contributed by atoms with E-state index in [1.807, 2.05) is 0 Å². The third-order valence-corrected chi connectivity index (χ3v) is 5.41. The van der Waals surface area contributed by atoms with Crippen molar-refractivity contribution in [1.82, 2.24) is 4.72 Å². The summed E-state index contributed by atoms with van der Waals surface area (Å²) in [5.74, 6) is -1.04. The van der Waals surface area contributed by atoms with E-state index in [0.29, 0.717) is 10.9 Å². The molecule has 1 aromatic rings. The molecule has 0 amide bonds. The Morgan fingerprint density at radius 3 is 2.53 bits per heavy atom. The molecular formula is C11H13Br2NO4S. The summed E-state index contributed by atoms with van der Waals surface area (Å²) in [5, 5.41) is 8.72. The summed E-state index contributed by atoms with van der Waals surface area (Å²) in [5.41, 5.74) is 0. The second kappa shape index (κ2) is 6.83. The predicted molar refractivity (Wildman–Crippen MR) is 78.5 cm³/mol. The van der Waals surface area contributed by atoms with E-state index in [1.54, 1.807) is 19.1 Å². The number of benzene rings is 1. The van der Waals surface area contributed by atoms with Crippen molar-refractivity contribution in [1.29, 1.82) is 0 Å². The number of rotatable bonds is 6. The molecule has 1 atom stereocenters. The Morgan fingerprint density at radius 2 is 2.05 bits per heavy atom. The average Bonchev–Trinajstić information content (AvgIpc) is 2.26. The number of carbonyl (C=O) groups is 1. The first kappa shape index (κ1) is 16.6. The van der Waals surface area contributed by atoms with Gasteiger partial charge >= 0.3 is 5.97 Å². The molecule has 0 aliphatic heterocycles. The van der Waals surface area contributed by atoms with Crippen molar-refractivity contribution in [2.24, 2.45) is 0 Å². The van der Waals surface area contributed by atoms with Crippen molar-refractivity contribution >= 4 is 47.9 Å². The predicted octanol–water partition coefficient (Wildman–Crippen LogP) is 2.74. The Labute approximate surface area is 128 Å². The SMILES string of the molecule is CCC(CC(=O)O)NS(=O)(=O)c1ccc(Br)cc1Br. The quantitative estimate of drug-likeness (QED) is 0.749. The van der Waals surface area contributed by atoms with Gasteiger partial charge in [0.25, 0.3) is 0 Å². The normalized spacial score (nSPS) is 13.2. The maximum atomic E-state index is 12.2. The van der Waals surface area contributed by atoms with Gasteiger partial charge in [0.1, 0.15) is 0 Å². The summed E-state index contributed by atoms with van der Waals surface area (Å²) >= 11 is 6.42. The van der Waals surface area contributed by atoms with Crippen LogP contribution in [0.2, 0.25) is 0 Å². The molecule has 106 valence electrons. The lowest BCUT2D eigenvalue weighted by molar-refractivity contribution is -0.137. The van der Waals surface area contributed by atoms with Gasteiger partial charge in [0.05, 0.1) is 11.3 Å². The molecule has 19 heavy (non-hydrogen) atoms. The van der Waals surface area contributed by atoms with Crippen LogP contribution in [0.15, 0.2) is 32.0 Å². The van der Waals surface area contributed by atoms with Gasteiger partial charge in [-0.1, -0.05) is 22.9 Å². The van der Waals surface area contributed by atoms with Gasteiger partial charge in [-0.3, -0.25) is 4.79 Å². The van der Waals surface area contributed by atoms with E-state index in [2.05, 4.69) is 36.6 Å². The minimum absolute atomic E-state index is 0.0829. The van der Waals surface area contributed by atoms with Crippen LogP contribution in [0, 0.1) is 0 Å². The molecule has 5 nitrogen and oxygen atoms in total. The van der Waals surface area contributed by atoms with Crippen LogP contribution in [0.3, 0.4) is 0 Å². The smallest absolute Gasteiger partial charge is 0.304 e. The van der Waals surface area contributed by atoms with E-state index in [0.717, 1.165) is 4.47 Å². The average molecular weight is 415 g/mol. The van der Waals surface area contributed by atoms with Gasteiger partial charge in [-0.05, 0) is 40.5 Å². The van der Waals surface area contributed by atoms with E-state index in [4.69, 9.17) is 5.11 Å². The second-order valence-electron chi connectivity index (χ2n) is 3.90. The minimum Gasteiger partial charge on any atom is -0.481 e. The Balaban J connectivity index is 3.00. The van der Waals surface area contributed by atoms with Crippen LogP contribution in [0.5, 0.6) is 0 Å². The molecule has 0 aliphatic rings. The van der Waals surface area contributed by atoms with Crippen molar-refractivity contribution in [3.63, 3.8) is 0 Å². The van der Waals surface area contributed by atoms with Gasteiger partial charge in [-0.25, -0.2) is 13.1 Å². The molecular weight excluding hydrogens is 402 g/mol. The first-order chi connectivity index (χ1) is 8.76. The molecule has 0 spiro atoms. The summed E-state index contributed by atoms with van der Waals surface area (Å²) < 4.78 is 27.9.